The monoisotopic (exact) mass is 251 g/mol. The molecule has 0 amide bonds. The molecule has 1 rings (SSSR count). The topological polar surface area (TPSA) is 12.0 Å². The average Bonchev–Trinajstić information content (AvgIpc) is 2.19. The molecule has 2 unspecified atom stereocenters. The van der Waals surface area contributed by atoms with Crippen molar-refractivity contribution >= 4 is 14.9 Å². The number of hydrogen-bond donors (Lipinski definition) is 1. The van der Waals surface area contributed by atoms with E-state index < -0.39 is 0 Å². The van der Waals surface area contributed by atoms with Crippen LogP contribution in [0.25, 0.3) is 0 Å². The first-order valence-electron chi connectivity index (χ1n) is 6.32. The number of aryl methyl sites for hydroxylation is 1. The van der Waals surface area contributed by atoms with E-state index in [1.807, 2.05) is 0 Å². The molecular formula is C15H26NP. The van der Waals surface area contributed by atoms with E-state index in [0.717, 1.165) is 13.0 Å². The van der Waals surface area contributed by atoms with E-state index in [4.69, 9.17) is 0 Å². The molecule has 2 heteroatoms. The van der Waals surface area contributed by atoms with Gasteiger partial charge in [-0.1, -0.05) is 45.4 Å². The maximum Gasteiger partial charge on any atom is 0.0340 e. The lowest BCUT2D eigenvalue weighted by Gasteiger charge is -2.38. The smallest absolute Gasteiger partial charge is 0.0340 e. The summed E-state index contributed by atoms with van der Waals surface area (Å²) in [7, 11) is 3.02. The first-order valence-corrected chi connectivity index (χ1v) is 6.89. The number of nitrogens with one attached hydrogen (secondary N) is 1. The largest absolute Gasteiger partial charge is 0.385 e. The van der Waals surface area contributed by atoms with Crippen LogP contribution in [-0.4, -0.2) is 11.7 Å². The Labute approximate surface area is 109 Å². The van der Waals surface area contributed by atoms with Gasteiger partial charge in [0.15, 0.2) is 0 Å². The standard InChI is InChI=1S/C15H26NP/c1-12-6-8-13(9-7-12)16-11-10-15(5,17)14(2,3)4/h6-9,16H,10-11,17H2,1-5H3. The fourth-order valence-electron chi connectivity index (χ4n) is 1.51. The van der Waals surface area contributed by atoms with E-state index >= 15 is 0 Å². The zero-order chi connectivity index (χ0) is 13.1. The van der Waals surface area contributed by atoms with Gasteiger partial charge >= 0.3 is 0 Å². The van der Waals surface area contributed by atoms with Crippen LogP contribution in [0.15, 0.2) is 24.3 Å². The van der Waals surface area contributed by atoms with Gasteiger partial charge < -0.3 is 5.32 Å². The van der Waals surface area contributed by atoms with Gasteiger partial charge in [0, 0.05) is 12.2 Å². The highest BCUT2D eigenvalue weighted by molar-refractivity contribution is 7.19. The molecule has 0 aromatic heterocycles. The second-order valence-electron chi connectivity index (χ2n) is 6.21. The molecule has 1 aromatic rings. The normalized spacial score (nSPS) is 15.4. The zero-order valence-corrected chi connectivity index (χ0v) is 13.0. The molecule has 0 radical (unpaired) electrons. The summed E-state index contributed by atoms with van der Waals surface area (Å²) in [5, 5.41) is 3.76. The Morgan fingerprint density at radius 1 is 1.06 bits per heavy atom. The molecule has 1 nitrogen and oxygen atoms in total. The quantitative estimate of drug-likeness (QED) is 0.778. The third kappa shape index (κ3) is 4.32. The lowest BCUT2D eigenvalue weighted by Crippen LogP contribution is -2.35. The maximum absolute atomic E-state index is 3.49. The Morgan fingerprint density at radius 2 is 1.59 bits per heavy atom. The molecule has 0 aliphatic rings. The molecule has 0 saturated carbocycles. The lowest BCUT2D eigenvalue weighted by atomic mass is 9.79. The summed E-state index contributed by atoms with van der Waals surface area (Å²) >= 11 is 0. The van der Waals surface area contributed by atoms with Crippen LogP contribution in [0, 0.1) is 12.3 Å². The van der Waals surface area contributed by atoms with E-state index in [2.05, 4.69) is 73.4 Å². The molecule has 1 N–H and O–H groups in total. The molecule has 17 heavy (non-hydrogen) atoms. The van der Waals surface area contributed by atoms with E-state index in [0.29, 0.717) is 5.41 Å². The van der Waals surface area contributed by atoms with Gasteiger partial charge in [-0.25, -0.2) is 0 Å². The summed E-state index contributed by atoms with van der Waals surface area (Å²) in [6.07, 6.45) is 1.15. The number of benzene rings is 1. The molecule has 0 spiro atoms. The summed E-state index contributed by atoms with van der Waals surface area (Å²) in [6.45, 7) is 12.3. The van der Waals surface area contributed by atoms with E-state index in [1.165, 1.54) is 11.3 Å². The molecule has 2 atom stereocenters. The van der Waals surface area contributed by atoms with Crippen LogP contribution < -0.4 is 5.32 Å². The third-order valence-electron chi connectivity index (χ3n) is 3.74. The Bertz CT molecular complexity index is 346. The average molecular weight is 251 g/mol. The Morgan fingerprint density at radius 3 is 2.06 bits per heavy atom. The predicted octanol–water partition coefficient (Wildman–Crippen LogP) is 4.48. The van der Waals surface area contributed by atoms with Crippen molar-refractivity contribution in [2.45, 2.75) is 46.2 Å². The molecule has 0 heterocycles. The van der Waals surface area contributed by atoms with Crippen LogP contribution in [0.2, 0.25) is 0 Å². The van der Waals surface area contributed by atoms with Crippen molar-refractivity contribution in [1.82, 2.24) is 0 Å². The second kappa shape index (κ2) is 5.40. The van der Waals surface area contributed by atoms with Gasteiger partial charge in [-0.2, -0.15) is 0 Å². The number of rotatable bonds is 4. The van der Waals surface area contributed by atoms with Gasteiger partial charge in [0.2, 0.25) is 0 Å². The minimum Gasteiger partial charge on any atom is -0.385 e. The Kier molecular flexibility index (Phi) is 4.61. The molecule has 1 aromatic carbocycles. The van der Waals surface area contributed by atoms with E-state index in [-0.39, 0.29) is 5.16 Å². The summed E-state index contributed by atoms with van der Waals surface area (Å²) in [5.41, 5.74) is 2.83. The minimum atomic E-state index is 0.269. The molecule has 96 valence electrons. The highest BCUT2D eigenvalue weighted by Gasteiger charge is 2.32. The van der Waals surface area contributed by atoms with Crippen molar-refractivity contribution in [2.75, 3.05) is 11.9 Å². The first-order chi connectivity index (χ1) is 7.72. The predicted molar refractivity (Wildman–Crippen MR) is 81.9 cm³/mol. The fourth-order valence-corrected chi connectivity index (χ4v) is 1.66. The van der Waals surface area contributed by atoms with Crippen molar-refractivity contribution in [3.8, 4) is 0 Å². The number of hydrogen-bond acceptors (Lipinski definition) is 1. The molecule has 0 saturated heterocycles. The van der Waals surface area contributed by atoms with Gasteiger partial charge in [0.05, 0.1) is 0 Å². The SMILES string of the molecule is Cc1ccc(NCCC(C)(P)C(C)(C)C)cc1. The maximum atomic E-state index is 3.49. The second-order valence-corrected chi connectivity index (χ2v) is 7.48. The van der Waals surface area contributed by atoms with Crippen molar-refractivity contribution in [3.63, 3.8) is 0 Å². The van der Waals surface area contributed by atoms with Crippen molar-refractivity contribution in [3.05, 3.63) is 29.8 Å². The van der Waals surface area contributed by atoms with Gasteiger partial charge in [-0.15, -0.1) is 9.24 Å². The lowest BCUT2D eigenvalue weighted by molar-refractivity contribution is 0.289. The van der Waals surface area contributed by atoms with Gasteiger partial charge in [0.1, 0.15) is 0 Å². The van der Waals surface area contributed by atoms with Gasteiger partial charge in [-0.3, -0.25) is 0 Å². The summed E-state index contributed by atoms with van der Waals surface area (Å²) < 4.78 is 0. The third-order valence-corrected chi connectivity index (χ3v) is 4.89. The van der Waals surface area contributed by atoms with Crippen LogP contribution in [0.4, 0.5) is 5.69 Å². The van der Waals surface area contributed by atoms with Crippen LogP contribution >= 0.6 is 9.24 Å². The zero-order valence-electron chi connectivity index (χ0n) is 11.8. The molecule has 0 bridgehead atoms. The Balaban J connectivity index is 2.45. The van der Waals surface area contributed by atoms with Crippen LogP contribution in [-0.2, 0) is 0 Å². The highest BCUT2D eigenvalue weighted by atomic mass is 31.0. The summed E-state index contributed by atoms with van der Waals surface area (Å²) in [5.74, 6) is 0. The summed E-state index contributed by atoms with van der Waals surface area (Å²) in [6, 6.07) is 8.58. The van der Waals surface area contributed by atoms with Crippen LogP contribution in [0.5, 0.6) is 0 Å². The molecule has 0 aliphatic heterocycles. The summed E-state index contributed by atoms with van der Waals surface area (Å²) in [4.78, 5) is 0. The van der Waals surface area contributed by atoms with Crippen molar-refractivity contribution in [1.29, 1.82) is 0 Å². The molecule has 0 fully saturated rings. The Hall–Kier alpha value is -0.550. The van der Waals surface area contributed by atoms with Gasteiger partial charge in [0.25, 0.3) is 0 Å². The number of anilines is 1. The van der Waals surface area contributed by atoms with Crippen LogP contribution in [0.3, 0.4) is 0 Å². The molecular weight excluding hydrogens is 225 g/mol. The highest BCUT2D eigenvalue weighted by Crippen LogP contribution is 2.40. The van der Waals surface area contributed by atoms with E-state index in [1.54, 1.807) is 0 Å². The molecule has 0 aliphatic carbocycles. The first kappa shape index (κ1) is 14.5. The van der Waals surface area contributed by atoms with Crippen molar-refractivity contribution in [2.24, 2.45) is 5.41 Å². The van der Waals surface area contributed by atoms with Gasteiger partial charge in [-0.05, 0) is 36.0 Å². The minimum absolute atomic E-state index is 0.269. The van der Waals surface area contributed by atoms with Crippen molar-refractivity contribution < 1.29 is 0 Å². The van der Waals surface area contributed by atoms with Crippen LogP contribution in [0.1, 0.15) is 39.7 Å². The van der Waals surface area contributed by atoms with E-state index in [9.17, 15) is 0 Å². The fraction of sp³-hybridized carbons (Fsp3) is 0.600.